The molecule has 0 radical (unpaired) electrons. The molecule has 0 saturated heterocycles. The lowest BCUT2D eigenvalue weighted by atomic mass is 9.99. The van der Waals surface area contributed by atoms with Gasteiger partial charge in [-0.2, -0.15) is 0 Å². The van der Waals surface area contributed by atoms with E-state index in [1.807, 2.05) is 48.5 Å². The van der Waals surface area contributed by atoms with Gasteiger partial charge in [0.2, 0.25) is 5.91 Å². The fourth-order valence-corrected chi connectivity index (χ4v) is 4.62. The first kappa shape index (κ1) is 27.9. The zero-order valence-corrected chi connectivity index (χ0v) is 22.4. The monoisotopic (exact) mass is 528 g/mol. The molecule has 0 aliphatic heterocycles. The topological polar surface area (TPSA) is 115 Å². The van der Waals surface area contributed by atoms with Crippen LogP contribution in [-0.4, -0.2) is 17.0 Å². The molecule has 0 unspecified atom stereocenters. The normalized spacial score (nSPS) is 11.0. The van der Waals surface area contributed by atoms with Gasteiger partial charge < -0.3 is 25.3 Å². The molecule has 0 saturated carbocycles. The van der Waals surface area contributed by atoms with Crippen LogP contribution in [0.1, 0.15) is 61.3 Å². The summed E-state index contributed by atoms with van der Waals surface area (Å²) in [6, 6.07) is 19.4. The van der Waals surface area contributed by atoms with Crippen LogP contribution in [0.25, 0.3) is 22.1 Å². The number of hydrogen-bond donors (Lipinski definition) is 3. The average Bonchev–Trinajstić information content (AvgIpc) is 3.42. The van der Waals surface area contributed by atoms with Crippen molar-refractivity contribution in [3.05, 3.63) is 89.2 Å². The first-order valence-corrected chi connectivity index (χ1v) is 13.5. The number of unbranched alkanes of at least 4 members (excludes halogenated alkanes) is 3. The lowest BCUT2D eigenvalue weighted by Crippen LogP contribution is -2.22. The summed E-state index contributed by atoms with van der Waals surface area (Å²) >= 11 is 0. The maximum atomic E-state index is 12.2. The molecule has 39 heavy (non-hydrogen) atoms. The van der Waals surface area contributed by atoms with Crippen molar-refractivity contribution in [2.24, 2.45) is 5.73 Å². The summed E-state index contributed by atoms with van der Waals surface area (Å²) < 4.78 is 12.0. The van der Waals surface area contributed by atoms with Gasteiger partial charge in [-0.3, -0.25) is 9.59 Å². The number of benzene rings is 3. The number of carboxylic acid groups (broad SMARTS) is 1. The standard InChI is InChI=1S/C32H36N2O5/c1-2-3-4-5-9-30(35)34-20-23-10-11-26(18-31(36)37)29(17-23)39-21-24-15-27-12-13-38-32(27)28(16-24)25-8-6-7-22(14-25)19-33/h6-8,10-17H,2-5,9,18-21,33H2,1H3,(H,34,35)(H,36,37). The van der Waals surface area contributed by atoms with Crippen molar-refractivity contribution in [1.29, 1.82) is 0 Å². The third-order valence-electron chi connectivity index (χ3n) is 6.70. The van der Waals surface area contributed by atoms with Crippen molar-refractivity contribution in [2.75, 3.05) is 0 Å². The quantitative estimate of drug-likeness (QED) is 0.164. The minimum Gasteiger partial charge on any atom is -0.489 e. The first-order valence-electron chi connectivity index (χ1n) is 13.5. The minimum absolute atomic E-state index is 0.0165. The molecule has 0 aliphatic rings. The lowest BCUT2D eigenvalue weighted by Gasteiger charge is -2.14. The molecule has 0 spiro atoms. The zero-order chi connectivity index (χ0) is 27.6. The summed E-state index contributed by atoms with van der Waals surface area (Å²) in [6.45, 7) is 3.19. The Morgan fingerprint density at radius 1 is 0.974 bits per heavy atom. The Bertz CT molecular complexity index is 1430. The Morgan fingerprint density at radius 3 is 2.64 bits per heavy atom. The molecule has 204 valence electrons. The first-order chi connectivity index (χ1) is 19.0. The second kappa shape index (κ2) is 13.6. The van der Waals surface area contributed by atoms with Crippen molar-refractivity contribution < 1.29 is 23.8 Å². The number of fused-ring (bicyclic) bond motifs is 1. The number of carbonyl (C=O) groups excluding carboxylic acids is 1. The molecule has 1 heterocycles. The number of nitrogens with one attached hydrogen (secondary N) is 1. The van der Waals surface area contributed by atoms with E-state index in [0.717, 1.165) is 64.5 Å². The Balaban J connectivity index is 1.52. The molecule has 0 fully saturated rings. The van der Waals surface area contributed by atoms with Gasteiger partial charge in [-0.1, -0.05) is 56.5 Å². The number of rotatable bonds is 14. The maximum Gasteiger partial charge on any atom is 0.307 e. The molecule has 7 heteroatoms. The number of ether oxygens (including phenoxy) is 1. The third kappa shape index (κ3) is 7.71. The van der Waals surface area contributed by atoms with E-state index < -0.39 is 5.97 Å². The molecule has 1 aromatic heterocycles. The molecule has 0 atom stereocenters. The van der Waals surface area contributed by atoms with E-state index in [0.29, 0.717) is 30.8 Å². The van der Waals surface area contributed by atoms with E-state index in [-0.39, 0.29) is 18.9 Å². The van der Waals surface area contributed by atoms with E-state index in [1.165, 1.54) is 0 Å². The van der Waals surface area contributed by atoms with Gasteiger partial charge in [-0.25, -0.2) is 0 Å². The van der Waals surface area contributed by atoms with E-state index in [4.69, 9.17) is 14.9 Å². The highest BCUT2D eigenvalue weighted by molar-refractivity contribution is 5.93. The van der Waals surface area contributed by atoms with Crippen LogP contribution >= 0.6 is 0 Å². The molecule has 4 rings (SSSR count). The van der Waals surface area contributed by atoms with E-state index in [2.05, 4.69) is 18.3 Å². The number of hydrogen-bond acceptors (Lipinski definition) is 5. The number of carboxylic acids is 1. The summed E-state index contributed by atoms with van der Waals surface area (Å²) in [5.41, 5.74) is 12.0. The second-order valence-corrected chi connectivity index (χ2v) is 9.78. The van der Waals surface area contributed by atoms with Crippen molar-refractivity contribution in [2.45, 2.75) is 65.1 Å². The van der Waals surface area contributed by atoms with Crippen LogP contribution in [0.4, 0.5) is 0 Å². The molecule has 4 N–H and O–H groups in total. The maximum absolute atomic E-state index is 12.2. The SMILES string of the molecule is CCCCCCC(=O)NCc1ccc(CC(=O)O)c(OCc2cc(-c3cccc(CN)c3)c3occc3c2)c1. The van der Waals surface area contributed by atoms with Crippen molar-refractivity contribution >= 4 is 22.8 Å². The molecule has 0 bridgehead atoms. The highest BCUT2D eigenvalue weighted by Gasteiger charge is 2.14. The molecule has 7 nitrogen and oxygen atoms in total. The summed E-state index contributed by atoms with van der Waals surface area (Å²) in [5.74, 6) is -0.427. The molecule has 1 amide bonds. The Labute approximate surface area is 229 Å². The van der Waals surface area contributed by atoms with Crippen molar-refractivity contribution in [3.63, 3.8) is 0 Å². The summed E-state index contributed by atoms with van der Waals surface area (Å²) in [7, 11) is 0. The second-order valence-electron chi connectivity index (χ2n) is 9.78. The van der Waals surface area contributed by atoms with E-state index in [9.17, 15) is 14.7 Å². The van der Waals surface area contributed by atoms with Crippen LogP contribution in [0, 0.1) is 0 Å². The van der Waals surface area contributed by atoms with Crippen LogP contribution in [-0.2, 0) is 35.7 Å². The summed E-state index contributed by atoms with van der Waals surface area (Å²) in [4.78, 5) is 23.7. The Morgan fingerprint density at radius 2 is 1.85 bits per heavy atom. The fourth-order valence-electron chi connectivity index (χ4n) is 4.62. The van der Waals surface area contributed by atoms with Gasteiger partial charge in [0.05, 0.1) is 12.7 Å². The predicted molar refractivity (Wildman–Crippen MR) is 152 cm³/mol. The minimum atomic E-state index is -0.935. The Kier molecular flexibility index (Phi) is 9.75. The van der Waals surface area contributed by atoms with Crippen LogP contribution in [0.2, 0.25) is 0 Å². The number of furan rings is 1. The van der Waals surface area contributed by atoms with E-state index >= 15 is 0 Å². The van der Waals surface area contributed by atoms with Crippen LogP contribution in [0.15, 0.2) is 71.3 Å². The van der Waals surface area contributed by atoms with Gasteiger partial charge in [-0.05, 0) is 59.0 Å². The average molecular weight is 529 g/mol. The smallest absolute Gasteiger partial charge is 0.307 e. The van der Waals surface area contributed by atoms with Crippen molar-refractivity contribution in [1.82, 2.24) is 5.32 Å². The molecule has 4 aromatic rings. The Hall–Kier alpha value is -4.10. The summed E-state index contributed by atoms with van der Waals surface area (Å²) in [5, 5.41) is 13.3. The summed E-state index contributed by atoms with van der Waals surface area (Å²) in [6.07, 6.45) is 6.21. The number of amides is 1. The number of nitrogens with two attached hydrogens (primary N) is 1. The van der Waals surface area contributed by atoms with Crippen LogP contribution in [0.5, 0.6) is 5.75 Å². The van der Waals surface area contributed by atoms with Crippen LogP contribution < -0.4 is 15.8 Å². The predicted octanol–water partition coefficient (Wildman–Crippen LogP) is 6.35. The van der Waals surface area contributed by atoms with Gasteiger partial charge in [0.25, 0.3) is 0 Å². The molecular weight excluding hydrogens is 492 g/mol. The van der Waals surface area contributed by atoms with Gasteiger partial charge in [0.1, 0.15) is 17.9 Å². The fraction of sp³-hybridized carbons (Fsp3) is 0.312. The number of carbonyl (C=O) groups is 2. The molecule has 3 aromatic carbocycles. The zero-order valence-electron chi connectivity index (χ0n) is 22.4. The largest absolute Gasteiger partial charge is 0.489 e. The van der Waals surface area contributed by atoms with Crippen molar-refractivity contribution in [3.8, 4) is 16.9 Å². The van der Waals surface area contributed by atoms with Gasteiger partial charge in [-0.15, -0.1) is 0 Å². The third-order valence-corrected chi connectivity index (χ3v) is 6.70. The van der Waals surface area contributed by atoms with Gasteiger partial charge in [0.15, 0.2) is 0 Å². The molecular formula is C32H36N2O5. The van der Waals surface area contributed by atoms with Gasteiger partial charge in [0, 0.05) is 36.0 Å². The highest BCUT2D eigenvalue weighted by atomic mass is 16.5. The number of aliphatic carboxylic acids is 1. The highest BCUT2D eigenvalue weighted by Crippen LogP contribution is 2.32. The van der Waals surface area contributed by atoms with Gasteiger partial charge >= 0.3 is 5.97 Å². The van der Waals surface area contributed by atoms with Crippen LogP contribution in [0.3, 0.4) is 0 Å². The van der Waals surface area contributed by atoms with E-state index in [1.54, 1.807) is 12.3 Å². The lowest BCUT2D eigenvalue weighted by molar-refractivity contribution is -0.136. The molecule has 0 aliphatic carbocycles.